The van der Waals surface area contributed by atoms with Gasteiger partial charge in [-0.25, -0.2) is 0 Å². The first-order chi connectivity index (χ1) is 9.76. The van der Waals surface area contributed by atoms with Gasteiger partial charge in [0.1, 0.15) is 0 Å². The van der Waals surface area contributed by atoms with Crippen LogP contribution in [0, 0.1) is 0 Å². The van der Waals surface area contributed by atoms with Gasteiger partial charge in [0.05, 0.1) is 0 Å². The zero-order valence-corrected chi connectivity index (χ0v) is 13.4. The largest absolute Gasteiger partial charge is 0.388 e. The quantitative estimate of drug-likeness (QED) is 0.765. The van der Waals surface area contributed by atoms with Crippen molar-refractivity contribution in [2.45, 2.75) is 13.3 Å². The maximum Gasteiger partial charge on any atom is 0.0351 e. The Morgan fingerprint density at radius 1 is 0.600 bits per heavy atom. The molecule has 20 heavy (non-hydrogen) atoms. The molecule has 0 saturated heterocycles. The number of hydrogen-bond acceptors (Lipinski definition) is 2. The van der Waals surface area contributed by atoms with Crippen LogP contribution in [0.15, 0.2) is 66.7 Å². The van der Waals surface area contributed by atoms with Gasteiger partial charge in [-0.1, -0.05) is 73.7 Å². The van der Waals surface area contributed by atoms with E-state index < -0.39 is 0 Å². The first-order valence-electron chi connectivity index (χ1n) is 6.60. The fraction of sp³-hybridized carbons (Fsp3) is 0.333. The van der Waals surface area contributed by atoms with Gasteiger partial charge in [0, 0.05) is 28.4 Å². The summed E-state index contributed by atoms with van der Waals surface area (Å²) in [5.74, 6) is 0. The molecule has 0 aromatic heterocycles. The molecule has 0 bridgehead atoms. The van der Waals surface area contributed by atoms with E-state index in [-0.39, 0.29) is 0 Å². The van der Waals surface area contributed by atoms with Crippen LogP contribution in [0.5, 0.6) is 0 Å². The van der Waals surface area contributed by atoms with Crippen LogP contribution >= 0.6 is 0 Å². The SMILES string of the molecule is CCc1ccccc1.COC.COC.c1ccccc1. The zero-order chi connectivity index (χ0) is 15.5. The van der Waals surface area contributed by atoms with E-state index in [2.05, 4.69) is 40.7 Å². The van der Waals surface area contributed by atoms with Crippen LogP contribution in [-0.2, 0) is 15.9 Å². The van der Waals surface area contributed by atoms with Gasteiger partial charge in [0.25, 0.3) is 0 Å². The van der Waals surface area contributed by atoms with Crippen LogP contribution in [0.3, 0.4) is 0 Å². The lowest BCUT2D eigenvalue weighted by Gasteiger charge is -1.89. The number of benzene rings is 2. The van der Waals surface area contributed by atoms with Gasteiger partial charge in [-0.05, 0) is 12.0 Å². The van der Waals surface area contributed by atoms with E-state index in [1.807, 2.05) is 42.5 Å². The van der Waals surface area contributed by atoms with Gasteiger partial charge in [0.15, 0.2) is 0 Å². The first kappa shape index (κ1) is 20.7. The van der Waals surface area contributed by atoms with Crippen LogP contribution < -0.4 is 0 Å². The predicted molar refractivity (Wildman–Crippen MR) is 88.1 cm³/mol. The van der Waals surface area contributed by atoms with E-state index in [0.29, 0.717) is 0 Å². The molecule has 112 valence electrons. The second-order valence-electron chi connectivity index (χ2n) is 3.81. The average Bonchev–Trinajstić information content (AvgIpc) is 2.52. The standard InChI is InChI=1S/C8H10.C6H6.2C2H6O/c1-2-8-6-4-3-5-7-8;1-2-4-6-5-3-1;2*1-3-2/h3-7H,2H2,1H3;1-6H;2*1-2H3. The minimum Gasteiger partial charge on any atom is -0.388 e. The summed E-state index contributed by atoms with van der Waals surface area (Å²) in [6.45, 7) is 2.16. The summed E-state index contributed by atoms with van der Waals surface area (Å²) in [7, 11) is 6.50. The lowest BCUT2D eigenvalue weighted by molar-refractivity contribution is 0.277. The maximum atomic E-state index is 4.25. The van der Waals surface area contributed by atoms with Crippen molar-refractivity contribution in [1.29, 1.82) is 0 Å². The number of methoxy groups -OCH3 is 2. The normalized spacial score (nSPS) is 7.85. The summed E-state index contributed by atoms with van der Waals surface area (Å²) in [6, 6.07) is 22.5. The smallest absolute Gasteiger partial charge is 0.0351 e. The third-order valence-corrected chi connectivity index (χ3v) is 1.92. The van der Waals surface area contributed by atoms with Crippen LogP contribution in [0.25, 0.3) is 0 Å². The third-order valence-electron chi connectivity index (χ3n) is 1.92. The van der Waals surface area contributed by atoms with E-state index in [0.717, 1.165) is 6.42 Å². The van der Waals surface area contributed by atoms with Crippen molar-refractivity contribution in [2.24, 2.45) is 0 Å². The molecule has 0 spiro atoms. The van der Waals surface area contributed by atoms with Crippen molar-refractivity contribution in [2.75, 3.05) is 28.4 Å². The van der Waals surface area contributed by atoms with Gasteiger partial charge in [-0.3, -0.25) is 0 Å². The molecule has 0 amide bonds. The van der Waals surface area contributed by atoms with Gasteiger partial charge in [-0.2, -0.15) is 0 Å². The molecular formula is C18H28O2. The molecule has 2 aromatic rings. The van der Waals surface area contributed by atoms with Gasteiger partial charge < -0.3 is 9.47 Å². The van der Waals surface area contributed by atoms with Gasteiger partial charge in [-0.15, -0.1) is 0 Å². The Labute approximate surface area is 124 Å². The Morgan fingerprint density at radius 2 is 0.850 bits per heavy atom. The molecule has 2 heteroatoms. The van der Waals surface area contributed by atoms with Gasteiger partial charge >= 0.3 is 0 Å². The Hall–Kier alpha value is -1.64. The number of hydrogen-bond donors (Lipinski definition) is 0. The number of rotatable bonds is 1. The van der Waals surface area contributed by atoms with E-state index >= 15 is 0 Å². The summed E-state index contributed by atoms with van der Waals surface area (Å²) < 4.78 is 8.50. The Balaban J connectivity index is 0. The topological polar surface area (TPSA) is 18.5 Å². The molecule has 0 atom stereocenters. The lowest BCUT2D eigenvalue weighted by Crippen LogP contribution is -1.73. The van der Waals surface area contributed by atoms with Crippen molar-refractivity contribution < 1.29 is 9.47 Å². The van der Waals surface area contributed by atoms with Crippen molar-refractivity contribution >= 4 is 0 Å². The fourth-order valence-electron chi connectivity index (χ4n) is 1.10. The molecule has 0 N–H and O–H groups in total. The average molecular weight is 276 g/mol. The molecular weight excluding hydrogens is 248 g/mol. The fourth-order valence-corrected chi connectivity index (χ4v) is 1.10. The molecule has 0 aliphatic rings. The molecule has 2 aromatic carbocycles. The Kier molecular flexibility index (Phi) is 20.4. The highest BCUT2D eigenvalue weighted by Crippen LogP contribution is 1.96. The Bertz CT molecular complexity index is 318. The molecule has 0 saturated carbocycles. The molecule has 0 unspecified atom stereocenters. The molecule has 0 aliphatic carbocycles. The zero-order valence-electron chi connectivity index (χ0n) is 13.4. The Morgan fingerprint density at radius 3 is 1.05 bits per heavy atom. The van der Waals surface area contributed by atoms with Crippen molar-refractivity contribution in [3.8, 4) is 0 Å². The van der Waals surface area contributed by atoms with Crippen molar-refractivity contribution in [1.82, 2.24) is 0 Å². The van der Waals surface area contributed by atoms with Crippen LogP contribution in [0.2, 0.25) is 0 Å². The molecule has 0 heterocycles. The molecule has 0 radical (unpaired) electrons. The highest BCUT2D eigenvalue weighted by Gasteiger charge is 1.79. The monoisotopic (exact) mass is 276 g/mol. The maximum absolute atomic E-state index is 4.25. The van der Waals surface area contributed by atoms with Crippen LogP contribution in [-0.4, -0.2) is 28.4 Å². The minimum atomic E-state index is 1.14. The predicted octanol–water partition coefficient (Wildman–Crippen LogP) is 4.46. The molecule has 0 aliphatic heterocycles. The van der Waals surface area contributed by atoms with Crippen LogP contribution in [0.4, 0.5) is 0 Å². The first-order valence-corrected chi connectivity index (χ1v) is 6.60. The highest BCUT2D eigenvalue weighted by molar-refractivity contribution is 5.13. The van der Waals surface area contributed by atoms with Crippen LogP contribution in [0.1, 0.15) is 12.5 Å². The summed E-state index contributed by atoms with van der Waals surface area (Å²) in [4.78, 5) is 0. The van der Waals surface area contributed by atoms with Crippen molar-refractivity contribution in [3.63, 3.8) is 0 Å². The molecule has 2 nitrogen and oxygen atoms in total. The lowest BCUT2D eigenvalue weighted by atomic mass is 10.2. The second kappa shape index (κ2) is 19.7. The summed E-state index contributed by atoms with van der Waals surface area (Å²) in [5.41, 5.74) is 1.41. The van der Waals surface area contributed by atoms with E-state index in [9.17, 15) is 0 Å². The summed E-state index contributed by atoms with van der Waals surface area (Å²) in [5, 5.41) is 0. The number of ether oxygens (including phenoxy) is 2. The molecule has 0 fully saturated rings. The van der Waals surface area contributed by atoms with Gasteiger partial charge in [0.2, 0.25) is 0 Å². The molecule has 2 rings (SSSR count). The minimum absolute atomic E-state index is 1.14. The summed E-state index contributed by atoms with van der Waals surface area (Å²) >= 11 is 0. The van der Waals surface area contributed by atoms with E-state index in [4.69, 9.17) is 0 Å². The van der Waals surface area contributed by atoms with Crippen molar-refractivity contribution in [3.05, 3.63) is 72.3 Å². The second-order valence-corrected chi connectivity index (χ2v) is 3.81. The van der Waals surface area contributed by atoms with E-state index in [1.165, 1.54) is 5.56 Å². The van der Waals surface area contributed by atoms with E-state index in [1.54, 1.807) is 28.4 Å². The third kappa shape index (κ3) is 18.7. The highest BCUT2D eigenvalue weighted by atomic mass is 16.5. The summed E-state index contributed by atoms with van der Waals surface area (Å²) in [6.07, 6.45) is 1.14. The number of aryl methyl sites for hydroxylation is 1.